The first kappa shape index (κ1) is 42.1. The number of aliphatic imine (C=N–C) groups is 2. The number of hydrogen-bond donors (Lipinski definition) is 3. The van der Waals surface area contributed by atoms with E-state index in [1.165, 1.54) is 12.7 Å². The third kappa shape index (κ3) is 8.00. The van der Waals surface area contributed by atoms with E-state index in [0.717, 1.165) is 50.1 Å². The molecule has 14 heteroatoms. The zero-order chi connectivity index (χ0) is 45.0. The highest BCUT2D eigenvalue weighted by Crippen LogP contribution is 2.54. The van der Waals surface area contributed by atoms with Crippen LogP contribution in [0.1, 0.15) is 98.7 Å². The van der Waals surface area contributed by atoms with E-state index in [0.29, 0.717) is 41.4 Å². The van der Waals surface area contributed by atoms with E-state index >= 15 is 0 Å². The van der Waals surface area contributed by atoms with Gasteiger partial charge in [-0.25, -0.2) is 29.9 Å². The van der Waals surface area contributed by atoms with Crippen LogP contribution >= 0.6 is 0 Å². The average molecular weight is 859 g/mol. The molecule has 64 heavy (non-hydrogen) atoms. The summed E-state index contributed by atoms with van der Waals surface area (Å²) >= 11 is 0. The fourth-order valence-corrected chi connectivity index (χ4v) is 8.65. The number of aromatic nitrogens is 4. The van der Waals surface area contributed by atoms with Gasteiger partial charge in [0.15, 0.2) is 16.9 Å². The second kappa shape index (κ2) is 15.9. The highest BCUT2D eigenvalue weighted by atomic mass is 16.5. The Kier molecular flexibility index (Phi) is 10.4. The Bertz CT molecular complexity index is 2840. The van der Waals surface area contributed by atoms with Crippen molar-refractivity contribution in [2.45, 2.75) is 71.6 Å². The smallest absolute Gasteiger partial charge is 0.283 e. The molecule has 0 saturated heterocycles. The van der Waals surface area contributed by atoms with Crippen molar-refractivity contribution in [3.05, 3.63) is 144 Å². The number of fused-ring (bicyclic) bond motifs is 8. The van der Waals surface area contributed by atoms with Crippen molar-refractivity contribution in [2.24, 2.45) is 32.3 Å². The second-order valence-electron chi connectivity index (χ2n) is 19.0. The van der Waals surface area contributed by atoms with Crippen molar-refractivity contribution in [3.63, 3.8) is 0 Å². The summed E-state index contributed by atoms with van der Waals surface area (Å²) < 4.78 is 23.8. The number of amidine groups is 2. The maximum absolute atomic E-state index is 13.0. The van der Waals surface area contributed by atoms with E-state index in [-0.39, 0.29) is 41.9 Å². The predicted octanol–water partition coefficient (Wildman–Crippen LogP) is 8.76. The molecule has 2 spiro atoms. The van der Waals surface area contributed by atoms with Crippen LogP contribution in [0.25, 0.3) is 22.3 Å². The summed E-state index contributed by atoms with van der Waals surface area (Å²) in [5.74, 6) is 2.77. The summed E-state index contributed by atoms with van der Waals surface area (Å²) in [6.45, 7) is 13.0. The summed E-state index contributed by atoms with van der Waals surface area (Å²) in [4.78, 5) is 38.9. The Hall–Kier alpha value is -7.19. The summed E-state index contributed by atoms with van der Waals surface area (Å²) in [5.41, 5.74) is 18.5. The quantitative estimate of drug-likeness (QED) is 0.135. The maximum atomic E-state index is 13.0. The van der Waals surface area contributed by atoms with Crippen LogP contribution in [0.3, 0.4) is 0 Å². The minimum Gasteiger partial charge on any atom is -0.462 e. The molecule has 0 radical (unpaired) electrons. The first-order chi connectivity index (χ1) is 30.5. The number of ether oxygens (including phenoxy) is 4. The molecule has 14 nitrogen and oxygen atoms in total. The van der Waals surface area contributed by atoms with E-state index < -0.39 is 17.2 Å². The summed E-state index contributed by atoms with van der Waals surface area (Å²) in [6, 6.07) is 23.3. The van der Waals surface area contributed by atoms with Crippen LogP contribution in [-0.4, -0.2) is 56.1 Å². The number of Topliss-reactive ketones (excluding diaryl/α,β-unsaturated/α-hetero) is 1. The average Bonchev–Trinajstić information content (AvgIpc) is 3.86. The summed E-state index contributed by atoms with van der Waals surface area (Å²) in [7, 11) is 0. The van der Waals surface area contributed by atoms with Crippen molar-refractivity contribution in [2.75, 3.05) is 13.2 Å². The van der Waals surface area contributed by atoms with Crippen LogP contribution in [0, 0.1) is 10.8 Å². The normalized spacial score (nSPS) is 19.5. The molecular formula is C50H50N8O6. The van der Waals surface area contributed by atoms with E-state index in [4.69, 9.17) is 40.4 Å². The van der Waals surface area contributed by atoms with Crippen LogP contribution in [0.15, 0.2) is 120 Å². The lowest BCUT2D eigenvalue weighted by atomic mass is 9.79. The molecule has 6 heterocycles. The lowest BCUT2D eigenvalue weighted by Gasteiger charge is -2.34. The SMILES string of the molecule is CC(C)(C)CC(=O)c1ccc2c(c1)[C@]1(COC(N)=N1)c1cc(-c3cncnc3)ccc1O2.CC(C)(C)CC(O)c1ccc2c(c1)[C@]1(COC(N)=N1)c1cc(-c3cncnc3)ccc1O2. The lowest BCUT2D eigenvalue weighted by Crippen LogP contribution is -2.31. The molecule has 4 aliphatic rings. The number of aliphatic hydroxyl groups excluding tert-OH is 1. The molecule has 4 aliphatic heterocycles. The Morgan fingerprint density at radius 3 is 1.48 bits per heavy atom. The molecule has 0 saturated carbocycles. The van der Waals surface area contributed by atoms with Gasteiger partial charge >= 0.3 is 0 Å². The number of nitrogens with zero attached hydrogens (tertiary/aromatic N) is 6. The molecule has 5 N–H and O–H groups in total. The highest BCUT2D eigenvalue weighted by Gasteiger charge is 2.49. The molecule has 0 aliphatic carbocycles. The number of nitrogens with two attached hydrogens (primary N) is 2. The number of hydrogen-bond acceptors (Lipinski definition) is 14. The Labute approximate surface area is 371 Å². The molecule has 0 bridgehead atoms. The number of ketones is 1. The number of rotatable bonds is 6. The Balaban J connectivity index is 0.000000162. The van der Waals surface area contributed by atoms with Crippen LogP contribution in [0.2, 0.25) is 0 Å². The molecule has 3 atom stereocenters. The van der Waals surface area contributed by atoms with Gasteiger partial charge in [-0.1, -0.05) is 59.7 Å². The van der Waals surface area contributed by atoms with Gasteiger partial charge in [0.1, 0.15) is 48.9 Å². The molecular weight excluding hydrogens is 809 g/mol. The van der Waals surface area contributed by atoms with Gasteiger partial charge < -0.3 is 35.5 Å². The molecule has 0 fully saturated rings. The van der Waals surface area contributed by atoms with Gasteiger partial charge in [-0.2, -0.15) is 0 Å². The topological polar surface area (TPSA) is 203 Å². The number of carbonyl (C=O) groups excluding carboxylic acids is 1. The van der Waals surface area contributed by atoms with Crippen molar-refractivity contribution >= 4 is 17.8 Å². The fourth-order valence-electron chi connectivity index (χ4n) is 8.65. The van der Waals surface area contributed by atoms with Crippen LogP contribution in [0.5, 0.6) is 23.0 Å². The Morgan fingerprint density at radius 2 is 1.05 bits per heavy atom. The lowest BCUT2D eigenvalue weighted by molar-refractivity contribution is 0.0939. The zero-order valence-electron chi connectivity index (χ0n) is 36.6. The van der Waals surface area contributed by atoms with E-state index in [1.807, 2.05) is 72.8 Å². The van der Waals surface area contributed by atoms with Crippen molar-refractivity contribution in [1.82, 2.24) is 19.9 Å². The van der Waals surface area contributed by atoms with Gasteiger partial charge in [-0.05, 0) is 88.5 Å². The Morgan fingerprint density at radius 1 is 0.609 bits per heavy atom. The fraction of sp³-hybridized carbons (Fsp3) is 0.300. The first-order valence-corrected chi connectivity index (χ1v) is 21.1. The second-order valence-corrected chi connectivity index (χ2v) is 19.0. The zero-order valence-corrected chi connectivity index (χ0v) is 36.6. The molecule has 1 unspecified atom stereocenters. The van der Waals surface area contributed by atoms with Gasteiger partial charge in [-0.15, -0.1) is 0 Å². The third-order valence-corrected chi connectivity index (χ3v) is 11.6. The minimum atomic E-state index is -0.892. The number of benzene rings is 4. The van der Waals surface area contributed by atoms with Gasteiger partial charge in [0.2, 0.25) is 0 Å². The van der Waals surface area contributed by atoms with Crippen LogP contribution < -0.4 is 20.9 Å². The first-order valence-electron chi connectivity index (χ1n) is 21.1. The molecule has 0 amide bonds. The highest BCUT2D eigenvalue weighted by molar-refractivity contribution is 5.97. The van der Waals surface area contributed by atoms with Gasteiger partial charge in [0.05, 0.1) is 6.10 Å². The predicted molar refractivity (Wildman–Crippen MR) is 242 cm³/mol. The van der Waals surface area contributed by atoms with Gasteiger partial charge in [0, 0.05) is 70.2 Å². The molecule has 4 aromatic carbocycles. The largest absolute Gasteiger partial charge is 0.462 e. The maximum Gasteiger partial charge on any atom is 0.283 e. The van der Waals surface area contributed by atoms with Crippen LogP contribution in [0.4, 0.5) is 0 Å². The monoisotopic (exact) mass is 858 g/mol. The molecule has 326 valence electrons. The van der Waals surface area contributed by atoms with Crippen molar-refractivity contribution in [1.29, 1.82) is 0 Å². The standard InChI is InChI=1S/C25H26N4O3.C25H24N4O3/c2*1-24(2,3)10-20(30)16-5-7-22-19(9-16)25(13-31-23(26)29-25)18-8-15(4-6-21(18)32-22)17-11-27-14-28-12-17/h4-9,11-12,14,20,30H,10,13H2,1-3H3,(H2,26,29);4-9,11-12,14H,10,13H2,1-3H3,(H2,26,29)/t20?,25-;25-/m00/s1. The molecule has 6 aromatic rings. The van der Waals surface area contributed by atoms with Crippen molar-refractivity contribution in [3.8, 4) is 45.3 Å². The van der Waals surface area contributed by atoms with Crippen LogP contribution in [-0.2, 0) is 20.6 Å². The van der Waals surface area contributed by atoms with E-state index in [2.05, 4.69) is 61.5 Å². The van der Waals surface area contributed by atoms with Gasteiger partial charge in [0.25, 0.3) is 12.0 Å². The van der Waals surface area contributed by atoms with Gasteiger partial charge in [-0.3, -0.25) is 4.79 Å². The minimum absolute atomic E-state index is 0.0121. The molecule has 10 rings (SSSR count). The molecule has 2 aromatic heterocycles. The van der Waals surface area contributed by atoms with Crippen molar-refractivity contribution < 1.29 is 28.8 Å². The van der Waals surface area contributed by atoms with E-state index in [9.17, 15) is 9.90 Å². The van der Waals surface area contributed by atoms with E-state index in [1.54, 1.807) is 24.8 Å². The summed E-state index contributed by atoms with van der Waals surface area (Å²) in [5, 5.41) is 10.9. The summed E-state index contributed by atoms with van der Waals surface area (Å²) in [6.07, 6.45) is 10.5. The third-order valence-electron chi connectivity index (χ3n) is 11.6. The number of carbonyl (C=O) groups is 1. The number of aliphatic hydroxyl groups is 1.